The maximum Gasteiger partial charge on any atom is 0.295 e. The molecule has 0 unspecified atom stereocenters. The first-order valence-corrected chi connectivity index (χ1v) is 11.5. The molecule has 1 N–H and O–H groups in total. The van der Waals surface area contributed by atoms with Crippen molar-refractivity contribution in [3.8, 4) is 22.6 Å². The Hall–Kier alpha value is -3.91. The van der Waals surface area contributed by atoms with Gasteiger partial charge in [-0.15, -0.1) is 11.3 Å². The molecule has 0 spiro atoms. The van der Waals surface area contributed by atoms with E-state index in [1.165, 1.54) is 11.3 Å². The molecule has 0 saturated carbocycles. The minimum absolute atomic E-state index is 0.0506. The van der Waals surface area contributed by atoms with Crippen molar-refractivity contribution in [1.29, 1.82) is 0 Å². The average molecular weight is 457 g/mol. The Labute approximate surface area is 195 Å². The number of anilines is 2. The van der Waals surface area contributed by atoms with Crippen LogP contribution in [0.5, 0.6) is 0 Å². The second kappa shape index (κ2) is 8.22. The van der Waals surface area contributed by atoms with Crippen LogP contribution in [0.4, 0.5) is 10.9 Å². The normalized spacial score (nSPS) is 11.2. The highest BCUT2D eigenvalue weighted by Crippen LogP contribution is 2.32. The Kier molecular flexibility index (Phi) is 5.22. The van der Waals surface area contributed by atoms with E-state index in [2.05, 4.69) is 16.4 Å². The third-order valence-corrected chi connectivity index (χ3v) is 6.62. The Morgan fingerprint density at radius 3 is 2.45 bits per heavy atom. The molecule has 0 bridgehead atoms. The largest absolute Gasteiger partial charge is 0.316 e. The lowest BCUT2D eigenvalue weighted by atomic mass is 10.2. The molecular formula is C25H24N6OS. The molecule has 166 valence electrons. The summed E-state index contributed by atoms with van der Waals surface area (Å²) in [5.74, 6) is 0.755. The first-order chi connectivity index (χ1) is 16.0. The van der Waals surface area contributed by atoms with Crippen LogP contribution in [0.1, 0.15) is 17.1 Å². The summed E-state index contributed by atoms with van der Waals surface area (Å²) in [4.78, 5) is 22.6. The lowest BCUT2D eigenvalue weighted by Gasteiger charge is -2.08. The zero-order valence-electron chi connectivity index (χ0n) is 18.9. The number of pyridine rings is 1. The molecule has 1 aromatic carbocycles. The minimum atomic E-state index is -0.0506. The summed E-state index contributed by atoms with van der Waals surface area (Å²) in [7, 11) is 1.91. The highest BCUT2D eigenvalue weighted by atomic mass is 32.1. The van der Waals surface area contributed by atoms with Crippen LogP contribution in [0.15, 0.2) is 71.0 Å². The van der Waals surface area contributed by atoms with Gasteiger partial charge >= 0.3 is 0 Å². The van der Waals surface area contributed by atoms with E-state index in [1.54, 1.807) is 10.9 Å². The van der Waals surface area contributed by atoms with E-state index in [0.717, 1.165) is 45.0 Å². The van der Waals surface area contributed by atoms with Gasteiger partial charge in [-0.2, -0.15) is 0 Å². The van der Waals surface area contributed by atoms with Gasteiger partial charge in [0.25, 0.3) is 5.56 Å². The number of nitrogens with zero attached hydrogens (tertiary/aromatic N) is 5. The standard InChI is InChI=1S/C25H24N6OS/c1-16-14-20(21-15-33-25(27-21)28-22-12-8-9-13-26-22)17(2)30(16)23-18(3)29(4)31(24(23)32)19-10-6-5-7-11-19/h5-15H,1-4H3,(H,26,27,28). The van der Waals surface area contributed by atoms with Crippen LogP contribution in [-0.2, 0) is 7.05 Å². The van der Waals surface area contributed by atoms with E-state index in [9.17, 15) is 4.79 Å². The Morgan fingerprint density at radius 1 is 0.970 bits per heavy atom. The van der Waals surface area contributed by atoms with Gasteiger partial charge in [-0.3, -0.25) is 9.48 Å². The topological polar surface area (TPSA) is 69.7 Å². The highest BCUT2D eigenvalue weighted by Gasteiger charge is 2.22. The van der Waals surface area contributed by atoms with Crippen LogP contribution in [0, 0.1) is 20.8 Å². The van der Waals surface area contributed by atoms with Crippen molar-refractivity contribution in [2.45, 2.75) is 20.8 Å². The van der Waals surface area contributed by atoms with Crippen molar-refractivity contribution in [1.82, 2.24) is 23.9 Å². The molecule has 0 radical (unpaired) electrons. The fourth-order valence-corrected chi connectivity index (χ4v) is 4.90. The fourth-order valence-electron chi connectivity index (χ4n) is 4.18. The van der Waals surface area contributed by atoms with Crippen LogP contribution in [0.2, 0.25) is 0 Å². The summed E-state index contributed by atoms with van der Waals surface area (Å²) >= 11 is 1.53. The van der Waals surface area contributed by atoms with Crippen LogP contribution >= 0.6 is 11.3 Å². The SMILES string of the molecule is Cc1cc(-c2csc(Nc3ccccn3)n2)c(C)n1-c1c(C)n(C)n(-c2ccccc2)c1=O. The predicted octanol–water partition coefficient (Wildman–Crippen LogP) is 5.15. The Bertz CT molecular complexity index is 1490. The van der Waals surface area contributed by atoms with Crippen LogP contribution in [0.25, 0.3) is 22.6 Å². The number of para-hydroxylation sites is 1. The van der Waals surface area contributed by atoms with Gasteiger partial charge in [0.15, 0.2) is 5.13 Å². The van der Waals surface area contributed by atoms with E-state index >= 15 is 0 Å². The predicted molar refractivity (Wildman–Crippen MR) is 133 cm³/mol. The minimum Gasteiger partial charge on any atom is -0.316 e. The van der Waals surface area contributed by atoms with Gasteiger partial charge in [-0.1, -0.05) is 24.3 Å². The van der Waals surface area contributed by atoms with Crippen molar-refractivity contribution >= 4 is 22.3 Å². The molecule has 8 heteroatoms. The Morgan fingerprint density at radius 2 is 1.73 bits per heavy atom. The lowest BCUT2D eigenvalue weighted by molar-refractivity contribution is 0.630. The number of aromatic nitrogens is 5. The third kappa shape index (κ3) is 3.58. The Balaban J connectivity index is 1.57. The fraction of sp³-hybridized carbons (Fsp3) is 0.160. The van der Waals surface area contributed by atoms with Gasteiger partial charge < -0.3 is 9.88 Å². The van der Waals surface area contributed by atoms with Gasteiger partial charge in [-0.25, -0.2) is 14.6 Å². The number of rotatable bonds is 5. The average Bonchev–Trinajstić information content (AvgIpc) is 3.45. The maximum absolute atomic E-state index is 13.6. The number of nitrogens with one attached hydrogen (secondary N) is 1. The van der Waals surface area contributed by atoms with Crippen molar-refractivity contribution in [3.63, 3.8) is 0 Å². The second-order valence-corrected chi connectivity index (χ2v) is 8.77. The molecule has 4 aromatic heterocycles. The molecule has 0 aliphatic rings. The van der Waals surface area contributed by atoms with Gasteiger partial charge in [0.2, 0.25) is 0 Å². The molecule has 5 rings (SSSR count). The van der Waals surface area contributed by atoms with E-state index in [-0.39, 0.29) is 5.56 Å². The summed E-state index contributed by atoms with van der Waals surface area (Å²) in [6, 6.07) is 17.5. The van der Waals surface area contributed by atoms with Crippen molar-refractivity contribution in [2.24, 2.45) is 7.05 Å². The van der Waals surface area contributed by atoms with E-state index in [0.29, 0.717) is 5.69 Å². The second-order valence-electron chi connectivity index (χ2n) is 7.91. The molecule has 0 amide bonds. The summed E-state index contributed by atoms with van der Waals surface area (Å²) in [6.45, 7) is 6.04. The number of benzene rings is 1. The number of thiazole rings is 1. The molecule has 0 fully saturated rings. The molecule has 7 nitrogen and oxygen atoms in total. The summed E-state index contributed by atoms with van der Waals surface area (Å²) in [5, 5.41) is 6.05. The summed E-state index contributed by atoms with van der Waals surface area (Å²) in [6.07, 6.45) is 1.74. The molecule has 0 aliphatic carbocycles. The van der Waals surface area contributed by atoms with E-state index < -0.39 is 0 Å². The third-order valence-electron chi connectivity index (χ3n) is 5.86. The van der Waals surface area contributed by atoms with Crippen LogP contribution < -0.4 is 10.9 Å². The monoisotopic (exact) mass is 456 g/mol. The molecule has 0 aliphatic heterocycles. The van der Waals surface area contributed by atoms with Crippen molar-refractivity contribution in [3.05, 3.63) is 93.6 Å². The molecule has 0 atom stereocenters. The summed E-state index contributed by atoms with van der Waals surface area (Å²) in [5.41, 5.74) is 6.19. The number of hydrogen-bond donors (Lipinski definition) is 1. The van der Waals surface area contributed by atoms with Gasteiger partial charge in [-0.05, 0) is 51.1 Å². The molecule has 5 aromatic rings. The van der Waals surface area contributed by atoms with Crippen LogP contribution in [-0.4, -0.2) is 23.9 Å². The number of hydrogen-bond acceptors (Lipinski definition) is 5. The lowest BCUT2D eigenvalue weighted by Crippen LogP contribution is -2.21. The molecule has 0 saturated heterocycles. The quantitative estimate of drug-likeness (QED) is 0.397. The van der Waals surface area contributed by atoms with Crippen molar-refractivity contribution < 1.29 is 0 Å². The van der Waals surface area contributed by atoms with E-state index in [1.807, 2.05) is 91.0 Å². The van der Waals surface area contributed by atoms with Gasteiger partial charge in [0, 0.05) is 35.6 Å². The smallest absolute Gasteiger partial charge is 0.295 e. The maximum atomic E-state index is 13.6. The first kappa shape index (κ1) is 21.0. The van der Waals surface area contributed by atoms with Crippen LogP contribution in [0.3, 0.4) is 0 Å². The van der Waals surface area contributed by atoms with E-state index in [4.69, 9.17) is 4.98 Å². The number of aryl methyl sites for hydroxylation is 1. The van der Waals surface area contributed by atoms with Gasteiger partial charge in [0.05, 0.1) is 17.1 Å². The highest BCUT2D eigenvalue weighted by molar-refractivity contribution is 7.14. The molecule has 4 heterocycles. The van der Waals surface area contributed by atoms with Crippen molar-refractivity contribution in [2.75, 3.05) is 5.32 Å². The molecular weight excluding hydrogens is 432 g/mol. The zero-order chi connectivity index (χ0) is 23.1. The summed E-state index contributed by atoms with van der Waals surface area (Å²) < 4.78 is 5.65. The first-order valence-electron chi connectivity index (χ1n) is 10.6. The zero-order valence-corrected chi connectivity index (χ0v) is 19.7. The van der Waals surface area contributed by atoms with Gasteiger partial charge in [0.1, 0.15) is 11.5 Å². The molecule has 33 heavy (non-hydrogen) atoms.